The van der Waals surface area contributed by atoms with E-state index in [4.69, 9.17) is 0 Å². The van der Waals surface area contributed by atoms with Gasteiger partial charge in [0, 0.05) is 6.92 Å². The van der Waals surface area contributed by atoms with Gasteiger partial charge in [-0.05, 0) is 11.4 Å². The van der Waals surface area contributed by atoms with Crippen molar-refractivity contribution < 1.29 is 9.18 Å². The van der Waals surface area contributed by atoms with Gasteiger partial charge in [-0.2, -0.15) is 0 Å². The van der Waals surface area contributed by atoms with Gasteiger partial charge in [0.25, 0.3) is 0 Å². The van der Waals surface area contributed by atoms with Crippen LogP contribution >= 0.6 is 11.3 Å². The van der Waals surface area contributed by atoms with Crippen molar-refractivity contribution in [1.29, 1.82) is 0 Å². The number of halogens is 1. The molecule has 3 heteroatoms. The standard InChI is InChI=1S/C6H5FOS/c1-4(8)6-5(7)2-3-9-6/h2-3H,1H3. The van der Waals surface area contributed by atoms with Gasteiger partial charge in [-0.3, -0.25) is 4.79 Å². The van der Waals surface area contributed by atoms with Gasteiger partial charge >= 0.3 is 0 Å². The van der Waals surface area contributed by atoms with Crippen molar-refractivity contribution in [2.24, 2.45) is 0 Å². The van der Waals surface area contributed by atoms with Crippen molar-refractivity contribution in [3.05, 3.63) is 22.1 Å². The summed E-state index contributed by atoms with van der Waals surface area (Å²) in [6.07, 6.45) is 0. The normalized spacial score (nSPS) is 9.56. The molecule has 0 bridgehead atoms. The highest BCUT2D eigenvalue weighted by Gasteiger charge is 2.06. The molecule has 0 radical (unpaired) electrons. The smallest absolute Gasteiger partial charge is 0.172 e. The Morgan fingerprint density at radius 3 is 2.67 bits per heavy atom. The van der Waals surface area contributed by atoms with Crippen LogP contribution in [0.2, 0.25) is 0 Å². The number of thiophene rings is 1. The number of carbonyl (C=O) groups is 1. The zero-order chi connectivity index (χ0) is 6.85. The van der Waals surface area contributed by atoms with E-state index in [-0.39, 0.29) is 10.7 Å². The van der Waals surface area contributed by atoms with Gasteiger partial charge in [0.05, 0.1) is 0 Å². The fourth-order valence-electron chi connectivity index (χ4n) is 0.545. The Bertz CT molecular complexity index is 229. The van der Waals surface area contributed by atoms with Crippen LogP contribution in [-0.4, -0.2) is 5.78 Å². The van der Waals surface area contributed by atoms with E-state index in [0.717, 1.165) is 11.3 Å². The zero-order valence-electron chi connectivity index (χ0n) is 4.85. The van der Waals surface area contributed by atoms with E-state index in [0.29, 0.717) is 0 Å². The van der Waals surface area contributed by atoms with E-state index in [1.807, 2.05) is 0 Å². The minimum Gasteiger partial charge on any atom is -0.293 e. The molecular weight excluding hydrogens is 139 g/mol. The maximum atomic E-state index is 12.4. The molecule has 0 aliphatic heterocycles. The number of carbonyl (C=O) groups excluding carboxylic acids is 1. The van der Waals surface area contributed by atoms with E-state index < -0.39 is 5.82 Å². The molecular formula is C6H5FOS. The predicted molar refractivity (Wildman–Crippen MR) is 34.3 cm³/mol. The van der Waals surface area contributed by atoms with Gasteiger partial charge in [0.1, 0.15) is 10.7 Å². The summed E-state index contributed by atoms with van der Waals surface area (Å²) in [6, 6.07) is 1.29. The summed E-state index contributed by atoms with van der Waals surface area (Å²) in [5.41, 5.74) is 0. The monoisotopic (exact) mass is 144 g/mol. The Balaban J connectivity index is 3.08. The van der Waals surface area contributed by atoms with Gasteiger partial charge in [-0.1, -0.05) is 0 Å². The highest BCUT2D eigenvalue weighted by molar-refractivity contribution is 7.12. The van der Waals surface area contributed by atoms with E-state index in [1.165, 1.54) is 13.0 Å². The molecule has 0 saturated heterocycles. The maximum Gasteiger partial charge on any atom is 0.172 e. The summed E-state index contributed by atoms with van der Waals surface area (Å²) < 4.78 is 12.4. The molecule has 9 heavy (non-hydrogen) atoms. The van der Waals surface area contributed by atoms with E-state index in [9.17, 15) is 9.18 Å². The van der Waals surface area contributed by atoms with Gasteiger partial charge in [0.2, 0.25) is 0 Å². The molecule has 1 rings (SSSR count). The summed E-state index contributed by atoms with van der Waals surface area (Å²) in [5, 5.41) is 1.56. The quantitative estimate of drug-likeness (QED) is 0.551. The largest absolute Gasteiger partial charge is 0.293 e. The Kier molecular flexibility index (Phi) is 1.62. The minimum atomic E-state index is -0.410. The molecule has 1 heterocycles. The predicted octanol–water partition coefficient (Wildman–Crippen LogP) is 2.09. The molecule has 0 aromatic carbocycles. The highest BCUT2D eigenvalue weighted by atomic mass is 32.1. The molecule has 1 aromatic rings. The second-order valence-electron chi connectivity index (χ2n) is 1.65. The van der Waals surface area contributed by atoms with E-state index in [2.05, 4.69) is 0 Å². The molecule has 0 fully saturated rings. The van der Waals surface area contributed by atoms with Crippen LogP contribution in [0.25, 0.3) is 0 Å². The molecule has 0 saturated carbocycles. The van der Waals surface area contributed by atoms with Crippen LogP contribution in [0, 0.1) is 5.82 Å². The fourth-order valence-corrected chi connectivity index (χ4v) is 1.22. The summed E-state index contributed by atoms with van der Waals surface area (Å²) in [5.74, 6) is -0.616. The first kappa shape index (κ1) is 6.42. The molecule has 0 amide bonds. The number of rotatable bonds is 1. The molecule has 1 aromatic heterocycles. The molecule has 0 spiro atoms. The molecule has 0 aliphatic carbocycles. The van der Waals surface area contributed by atoms with Crippen molar-refractivity contribution in [3.63, 3.8) is 0 Å². The van der Waals surface area contributed by atoms with E-state index >= 15 is 0 Å². The lowest BCUT2D eigenvalue weighted by Crippen LogP contribution is -1.88. The third-order valence-electron chi connectivity index (χ3n) is 0.937. The van der Waals surface area contributed by atoms with Crippen LogP contribution in [0.1, 0.15) is 16.6 Å². The summed E-state index contributed by atoms with van der Waals surface area (Å²) in [4.78, 5) is 10.7. The van der Waals surface area contributed by atoms with Crippen LogP contribution < -0.4 is 0 Å². The minimum absolute atomic E-state index is 0.206. The molecule has 48 valence electrons. The Hall–Kier alpha value is -0.700. The van der Waals surface area contributed by atoms with Gasteiger partial charge in [0.15, 0.2) is 5.78 Å². The molecule has 0 aliphatic rings. The second kappa shape index (κ2) is 2.27. The lowest BCUT2D eigenvalue weighted by Gasteiger charge is -1.84. The van der Waals surface area contributed by atoms with Crippen molar-refractivity contribution in [2.45, 2.75) is 6.92 Å². The number of hydrogen-bond acceptors (Lipinski definition) is 2. The summed E-state index contributed by atoms with van der Waals surface area (Å²) in [7, 11) is 0. The Morgan fingerprint density at radius 1 is 1.78 bits per heavy atom. The lowest BCUT2D eigenvalue weighted by molar-refractivity contribution is 0.101. The average Bonchev–Trinajstić information content (AvgIpc) is 2.13. The number of Topliss-reactive ketones (excluding diaryl/α,β-unsaturated/α-hetero) is 1. The SMILES string of the molecule is CC(=O)c1sccc1F. The first-order valence-electron chi connectivity index (χ1n) is 2.45. The lowest BCUT2D eigenvalue weighted by atomic mass is 10.3. The number of ketones is 1. The third kappa shape index (κ3) is 1.16. The van der Waals surface area contributed by atoms with Crippen LogP contribution in [0.15, 0.2) is 11.4 Å². The van der Waals surface area contributed by atoms with Crippen molar-refractivity contribution in [3.8, 4) is 0 Å². The zero-order valence-corrected chi connectivity index (χ0v) is 5.67. The Morgan fingerprint density at radius 2 is 2.44 bits per heavy atom. The van der Waals surface area contributed by atoms with Crippen molar-refractivity contribution in [1.82, 2.24) is 0 Å². The first-order valence-corrected chi connectivity index (χ1v) is 3.33. The molecule has 0 N–H and O–H groups in total. The van der Waals surface area contributed by atoms with Crippen LogP contribution in [0.3, 0.4) is 0 Å². The summed E-state index contributed by atoms with van der Waals surface area (Å²) >= 11 is 1.13. The molecule has 0 atom stereocenters. The molecule has 0 unspecified atom stereocenters. The summed E-state index contributed by atoms with van der Waals surface area (Å²) in [6.45, 7) is 1.36. The van der Waals surface area contributed by atoms with Crippen molar-refractivity contribution >= 4 is 17.1 Å². The second-order valence-corrected chi connectivity index (χ2v) is 2.57. The van der Waals surface area contributed by atoms with E-state index in [1.54, 1.807) is 5.38 Å². The van der Waals surface area contributed by atoms with Crippen LogP contribution in [0.5, 0.6) is 0 Å². The fraction of sp³-hybridized carbons (Fsp3) is 0.167. The molecule has 1 nitrogen and oxygen atoms in total. The van der Waals surface area contributed by atoms with Crippen LogP contribution in [0.4, 0.5) is 4.39 Å². The topological polar surface area (TPSA) is 17.1 Å². The first-order chi connectivity index (χ1) is 4.22. The average molecular weight is 144 g/mol. The van der Waals surface area contributed by atoms with Gasteiger partial charge in [-0.15, -0.1) is 11.3 Å². The maximum absolute atomic E-state index is 12.4. The number of hydrogen-bond donors (Lipinski definition) is 0. The Labute approximate surface area is 56.1 Å². The van der Waals surface area contributed by atoms with Crippen LogP contribution in [-0.2, 0) is 0 Å². The van der Waals surface area contributed by atoms with Gasteiger partial charge < -0.3 is 0 Å². The van der Waals surface area contributed by atoms with Crippen molar-refractivity contribution in [2.75, 3.05) is 0 Å². The van der Waals surface area contributed by atoms with Gasteiger partial charge in [-0.25, -0.2) is 4.39 Å². The highest BCUT2D eigenvalue weighted by Crippen LogP contribution is 2.14. The third-order valence-corrected chi connectivity index (χ3v) is 1.93.